The molecule has 21 heavy (non-hydrogen) atoms. The molecule has 6 heteroatoms. The van der Waals surface area contributed by atoms with Crippen LogP contribution in [0, 0.1) is 0 Å². The minimum absolute atomic E-state index is 0.222. The zero-order valence-electron chi connectivity index (χ0n) is 11.4. The van der Waals surface area contributed by atoms with Crippen molar-refractivity contribution in [2.24, 2.45) is 0 Å². The Morgan fingerprint density at radius 1 is 1.14 bits per heavy atom. The fraction of sp³-hybridized carbons (Fsp3) is 0.267. The number of anilines is 2. The van der Waals surface area contributed by atoms with Gasteiger partial charge in [-0.25, -0.2) is 9.97 Å². The molecule has 5 nitrogen and oxygen atoms in total. The third-order valence-electron chi connectivity index (χ3n) is 3.37. The molecule has 1 amide bonds. The summed E-state index contributed by atoms with van der Waals surface area (Å²) in [5, 5.41) is 2.83. The molecule has 2 heterocycles. The minimum atomic E-state index is -0.222. The van der Waals surface area contributed by atoms with Gasteiger partial charge in [-0.1, -0.05) is 15.9 Å². The monoisotopic (exact) mass is 346 g/mol. The first kappa shape index (κ1) is 14.0. The molecule has 0 unspecified atom stereocenters. The maximum atomic E-state index is 12.2. The van der Waals surface area contributed by atoms with E-state index in [0.717, 1.165) is 36.1 Å². The minimum Gasteiger partial charge on any atom is -0.341 e. The van der Waals surface area contributed by atoms with Gasteiger partial charge in [-0.15, -0.1) is 0 Å². The summed E-state index contributed by atoms with van der Waals surface area (Å²) in [5.74, 6) is 0.413. The number of aromatic nitrogens is 2. The van der Waals surface area contributed by atoms with Crippen molar-refractivity contribution in [2.75, 3.05) is 23.3 Å². The molecule has 2 aromatic rings. The number of halogens is 1. The van der Waals surface area contributed by atoms with Crippen molar-refractivity contribution < 1.29 is 4.79 Å². The molecule has 108 valence electrons. The summed E-state index contributed by atoms with van der Waals surface area (Å²) in [5.41, 5.74) is 1.12. The van der Waals surface area contributed by atoms with E-state index in [2.05, 4.69) is 36.1 Å². The second kappa shape index (κ2) is 6.22. The summed E-state index contributed by atoms with van der Waals surface area (Å²) in [6, 6.07) is 9.07. The smallest absolute Gasteiger partial charge is 0.274 e. The van der Waals surface area contributed by atoms with E-state index in [9.17, 15) is 4.79 Å². The van der Waals surface area contributed by atoms with Crippen LogP contribution in [0.25, 0.3) is 0 Å². The highest BCUT2D eigenvalue weighted by molar-refractivity contribution is 9.10. The highest BCUT2D eigenvalue weighted by atomic mass is 79.9. The Morgan fingerprint density at radius 3 is 2.57 bits per heavy atom. The summed E-state index contributed by atoms with van der Waals surface area (Å²) in [7, 11) is 0. The van der Waals surface area contributed by atoms with Crippen LogP contribution < -0.4 is 10.2 Å². The van der Waals surface area contributed by atoms with Gasteiger partial charge in [0, 0.05) is 29.4 Å². The first-order valence-electron chi connectivity index (χ1n) is 6.87. The largest absolute Gasteiger partial charge is 0.341 e. The van der Waals surface area contributed by atoms with Gasteiger partial charge >= 0.3 is 0 Å². The van der Waals surface area contributed by atoms with Gasteiger partial charge < -0.3 is 10.2 Å². The topological polar surface area (TPSA) is 58.1 Å². The van der Waals surface area contributed by atoms with Crippen LogP contribution in [-0.4, -0.2) is 29.0 Å². The number of carbonyl (C=O) groups excluding carboxylic acids is 1. The SMILES string of the molecule is O=C(Nc1ccc(Br)cc1)c1ccnc(N2CCCC2)n1. The molecule has 0 atom stereocenters. The number of amides is 1. The van der Waals surface area contributed by atoms with Crippen LogP contribution in [0.15, 0.2) is 41.0 Å². The Morgan fingerprint density at radius 2 is 1.86 bits per heavy atom. The Labute approximate surface area is 131 Å². The van der Waals surface area contributed by atoms with E-state index in [1.165, 1.54) is 0 Å². The third kappa shape index (κ3) is 3.39. The Balaban J connectivity index is 1.74. The lowest BCUT2D eigenvalue weighted by molar-refractivity contribution is 0.102. The van der Waals surface area contributed by atoms with E-state index in [1.807, 2.05) is 24.3 Å². The highest BCUT2D eigenvalue weighted by Gasteiger charge is 2.16. The molecule has 3 rings (SSSR count). The fourth-order valence-corrected chi connectivity index (χ4v) is 2.54. The van der Waals surface area contributed by atoms with Crippen molar-refractivity contribution >= 4 is 33.5 Å². The normalized spacial score (nSPS) is 14.2. The van der Waals surface area contributed by atoms with Gasteiger partial charge in [0.15, 0.2) is 0 Å². The lowest BCUT2D eigenvalue weighted by Gasteiger charge is -2.15. The highest BCUT2D eigenvalue weighted by Crippen LogP contribution is 2.17. The number of nitrogens with zero attached hydrogens (tertiary/aromatic N) is 3. The molecule has 1 aliphatic heterocycles. The first-order valence-corrected chi connectivity index (χ1v) is 7.66. The molecule has 0 radical (unpaired) electrons. The number of nitrogens with one attached hydrogen (secondary N) is 1. The van der Waals surface area contributed by atoms with Gasteiger partial charge in [-0.3, -0.25) is 4.79 Å². The van der Waals surface area contributed by atoms with E-state index in [4.69, 9.17) is 0 Å². The second-order valence-electron chi connectivity index (χ2n) is 4.90. The van der Waals surface area contributed by atoms with E-state index in [-0.39, 0.29) is 5.91 Å². The first-order chi connectivity index (χ1) is 10.2. The molecule has 0 spiro atoms. The van der Waals surface area contributed by atoms with Crippen molar-refractivity contribution in [2.45, 2.75) is 12.8 Å². The number of hydrogen-bond donors (Lipinski definition) is 1. The maximum Gasteiger partial charge on any atom is 0.274 e. The molecule has 1 aliphatic rings. The van der Waals surface area contributed by atoms with E-state index in [1.54, 1.807) is 12.3 Å². The molecule has 0 bridgehead atoms. The number of benzene rings is 1. The molecule has 1 aromatic heterocycles. The second-order valence-corrected chi connectivity index (χ2v) is 5.81. The van der Waals surface area contributed by atoms with Crippen molar-refractivity contribution in [1.82, 2.24) is 9.97 Å². The molecule has 0 saturated carbocycles. The predicted molar refractivity (Wildman–Crippen MR) is 85.6 cm³/mol. The molecule has 1 aromatic carbocycles. The van der Waals surface area contributed by atoms with Crippen molar-refractivity contribution in [3.05, 3.63) is 46.7 Å². The van der Waals surface area contributed by atoms with Gasteiger partial charge in [0.25, 0.3) is 5.91 Å². The Kier molecular flexibility index (Phi) is 4.15. The lowest BCUT2D eigenvalue weighted by Crippen LogP contribution is -2.22. The average molecular weight is 347 g/mol. The molecule has 1 N–H and O–H groups in total. The summed E-state index contributed by atoms with van der Waals surface area (Å²) in [6.07, 6.45) is 3.94. The standard InChI is InChI=1S/C15H15BrN4O/c16-11-3-5-12(6-4-11)18-14(21)13-7-8-17-15(19-13)20-9-1-2-10-20/h3-8H,1-2,9-10H2,(H,18,21). The van der Waals surface area contributed by atoms with Crippen LogP contribution in [0.4, 0.5) is 11.6 Å². The van der Waals surface area contributed by atoms with Gasteiger partial charge in [-0.2, -0.15) is 0 Å². The number of rotatable bonds is 3. The van der Waals surface area contributed by atoms with Crippen molar-refractivity contribution in [1.29, 1.82) is 0 Å². The number of hydrogen-bond acceptors (Lipinski definition) is 4. The summed E-state index contributed by atoms with van der Waals surface area (Å²) >= 11 is 3.36. The Hall–Kier alpha value is -1.95. The van der Waals surface area contributed by atoms with Gasteiger partial charge in [0.1, 0.15) is 5.69 Å². The van der Waals surface area contributed by atoms with Crippen LogP contribution in [-0.2, 0) is 0 Å². The zero-order valence-corrected chi connectivity index (χ0v) is 13.0. The average Bonchev–Trinajstić information content (AvgIpc) is 3.04. The van der Waals surface area contributed by atoms with Crippen LogP contribution in [0.2, 0.25) is 0 Å². The quantitative estimate of drug-likeness (QED) is 0.927. The van der Waals surface area contributed by atoms with Gasteiger partial charge in [-0.05, 0) is 43.2 Å². The summed E-state index contributed by atoms with van der Waals surface area (Å²) in [6.45, 7) is 1.91. The predicted octanol–water partition coefficient (Wildman–Crippen LogP) is 3.09. The van der Waals surface area contributed by atoms with Gasteiger partial charge in [0.05, 0.1) is 0 Å². The molecule has 1 saturated heterocycles. The lowest BCUT2D eigenvalue weighted by atomic mass is 10.3. The Bertz CT molecular complexity index is 638. The fourth-order valence-electron chi connectivity index (χ4n) is 2.27. The zero-order chi connectivity index (χ0) is 14.7. The molecule has 1 fully saturated rings. The molecule has 0 aliphatic carbocycles. The molecular formula is C15H15BrN4O. The van der Waals surface area contributed by atoms with E-state index < -0.39 is 0 Å². The summed E-state index contributed by atoms with van der Waals surface area (Å²) < 4.78 is 0.971. The molecular weight excluding hydrogens is 332 g/mol. The van der Waals surface area contributed by atoms with E-state index >= 15 is 0 Å². The van der Waals surface area contributed by atoms with E-state index in [0.29, 0.717) is 11.6 Å². The van der Waals surface area contributed by atoms with Crippen molar-refractivity contribution in [3.8, 4) is 0 Å². The number of carbonyl (C=O) groups is 1. The van der Waals surface area contributed by atoms with Crippen LogP contribution in [0.5, 0.6) is 0 Å². The van der Waals surface area contributed by atoms with Gasteiger partial charge in [0.2, 0.25) is 5.95 Å². The van der Waals surface area contributed by atoms with Crippen molar-refractivity contribution in [3.63, 3.8) is 0 Å². The van der Waals surface area contributed by atoms with Crippen LogP contribution >= 0.6 is 15.9 Å². The third-order valence-corrected chi connectivity index (χ3v) is 3.90. The van der Waals surface area contributed by atoms with Crippen LogP contribution in [0.1, 0.15) is 23.3 Å². The maximum absolute atomic E-state index is 12.2. The summed E-state index contributed by atoms with van der Waals surface area (Å²) in [4.78, 5) is 23.0. The van der Waals surface area contributed by atoms with Crippen LogP contribution in [0.3, 0.4) is 0 Å².